The topological polar surface area (TPSA) is 71.8 Å². The van der Waals surface area contributed by atoms with Gasteiger partial charge in [-0.25, -0.2) is 9.97 Å². The minimum Gasteiger partial charge on any atom is -0.352 e. The highest BCUT2D eigenvalue weighted by atomic mass is 16.1. The molecule has 0 spiro atoms. The molecule has 110 valence electrons. The van der Waals surface area contributed by atoms with Gasteiger partial charge in [0.25, 0.3) is 5.91 Å². The number of pyridine rings is 1. The van der Waals surface area contributed by atoms with Crippen molar-refractivity contribution in [2.24, 2.45) is 5.92 Å². The van der Waals surface area contributed by atoms with Crippen LogP contribution in [0.1, 0.15) is 23.2 Å². The van der Waals surface area contributed by atoms with Gasteiger partial charge in [-0.2, -0.15) is 0 Å². The van der Waals surface area contributed by atoms with E-state index in [1.165, 1.54) is 12.8 Å². The number of aromatic nitrogens is 3. The van der Waals surface area contributed by atoms with Gasteiger partial charge in [0.05, 0.1) is 5.56 Å². The summed E-state index contributed by atoms with van der Waals surface area (Å²) >= 11 is 0. The van der Waals surface area contributed by atoms with E-state index in [4.69, 9.17) is 0 Å². The molecular formula is C15H19N5O. The molecule has 2 aromatic heterocycles. The van der Waals surface area contributed by atoms with Gasteiger partial charge in [0, 0.05) is 25.1 Å². The van der Waals surface area contributed by atoms with Crippen molar-refractivity contribution in [3.63, 3.8) is 0 Å². The van der Waals surface area contributed by atoms with Crippen LogP contribution in [0.15, 0.2) is 37.1 Å². The van der Waals surface area contributed by atoms with E-state index in [9.17, 15) is 4.79 Å². The molecular weight excluding hydrogens is 266 g/mol. The summed E-state index contributed by atoms with van der Waals surface area (Å²) in [6.07, 6.45) is 9.15. The number of hydrogen-bond acceptors (Lipinski definition) is 4. The molecule has 6 heteroatoms. The van der Waals surface area contributed by atoms with E-state index in [1.807, 2.05) is 12.3 Å². The standard InChI is InChI=1S/C15H19N5O/c21-15(19-9-12-2-1-5-16-8-12)13-3-4-14(18-10-13)20-7-6-17-11-20/h3-4,6-7,10-12,16H,1-2,5,8-9H2,(H,19,21). The fourth-order valence-corrected chi connectivity index (χ4v) is 2.51. The third kappa shape index (κ3) is 3.46. The van der Waals surface area contributed by atoms with Gasteiger partial charge in [-0.15, -0.1) is 0 Å². The minimum atomic E-state index is -0.0646. The van der Waals surface area contributed by atoms with Gasteiger partial charge < -0.3 is 10.6 Å². The average molecular weight is 285 g/mol. The smallest absolute Gasteiger partial charge is 0.252 e. The highest BCUT2D eigenvalue weighted by Crippen LogP contribution is 2.09. The Hall–Kier alpha value is -2.21. The maximum absolute atomic E-state index is 12.1. The van der Waals surface area contributed by atoms with Crippen LogP contribution in [-0.4, -0.2) is 40.1 Å². The molecule has 6 nitrogen and oxygen atoms in total. The molecule has 1 atom stereocenters. The second kappa shape index (κ2) is 6.49. The van der Waals surface area contributed by atoms with Crippen LogP contribution >= 0.6 is 0 Å². The van der Waals surface area contributed by atoms with Crippen LogP contribution in [0, 0.1) is 5.92 Å². The molecule has 1 aliphatic rings. The molecule has 1 amide bonds. The molecule has 2 N–H and O–H groups in total. The molecule has 1 saturated heterocycles. The summed E-state index contributed by atoms with van der Waals surface area (Å²) < 4.78 is 1.80. The van der Waals surface area contributed by atoms with Crippen molar-refractivity contribution in [1.29, 1.82) is 0 Å². The SMILES string of the molecule is O=C(NCC1CCCNC1)c1ccc(-n2ccnc2)nc1. The fourth-order valence-electron chi connectivity index (χ4n) is 2.51. The Labute approximate surface area is 123 Å². The summed E-state index contributed by atoms with van der Waals surface area (Å²) in [6.45, 7) is 2.79. The zero-order chi connectivity index (χ0) is 14.5. The first-order chi connectivity index (χ1) is 10.3. The molecule has 1 fully saturated rings. The monoisotopic (exact) mass is 285 g/mol. The van der Waals surface area contributed by atoms with Crippen molar-refractivity contribution in [2.75, 3.05) is 19.6 Å². The zero-order valence-corrected chi connectivity index (χ0v) is 11.8. The molecule has 21 heavy (non-hydrogen) atoms. The van der Waals surface area contributed by atoms with E-state index in [1.54, 1.807) is 29.4 Å². The lowest BCUT2D eigenvalue weighted by atomic mass is 10.00. The van der Waals surface area contributed by atoms with Gasteiger partial charge in [0.1, 0.15) is 12.1 Å². The van der Waals surface area contributed by atoms with Gasteiger partial charge in [0.2, 0.25) is 0 Å². The van der Waals surface area contributed by atoms with Crippen LogP contribution in [0.5, 0.6) is 0 Å². The van der Waals surface area contributed by atoms with Crippen LogP contribution in [0.2, 0.25) is 0 Å². The Morgan fingerprint density at radius 1 is 1.48 bits per heavy atom. The molecule has 3 heterocycles. The van der Waals surface area contributed by atoms with E-state index in [0.717, 1.165) is 25.5 Å². The van der Waals surface area contributed by atoms with Crippen molar-refractivity contribution < 1.29 is 4.79 Å². The minimum absolute atomic E-state index is 0.0646. The van der Waals surface area contributed by atoms with Gasteiger partial charge in [0.15, 0.2) is 0 Å². The number of imidazole rings is 1. The number of hydrogen-bond donors (Lipinski definition) is 2. The van der Waals surface area contributed by atoms with Crippen LogP contribution < -0.4 is 10.6 Å². The van der Waals surface area contributed by atoms with Crippen LogP contribution in [-0.2, 0) is 0 Å². The lowest BCUT2D eigenvalue weighted by Gasteiger charge is -2.22. The molecule has 1 unspecified atom stereocenters. The molecule has 0 bridgehead atoms. The van der Waals surface area contributed by atoms with Gasteiger partial charge in [-0.05, 0) is 44.0 Å². The molecule has 3 rings (SSSR count). The zero-order valence-electron chi connectivity index (χ0n) is 11.8. The van der Waals surface area contributed by atoms with E-state index in [0.29, 0.717) is 11.5 Å². The van der Waals surface area contributed by atoms with E-state index in [-0.39, 0.29) is 5.91 Å². The Balaban J connectivity index is 1.57. The molecule has 0 aromatic carbocycles. The highest BCUT2D eigenvalue weighted by Gasteiger charge is 2.14. The molecule has 0 aliphatic carbocycles. The number of carbonyl (C=O) groups is 1. The normalized spacial score (nSPS) is 18.4. The van der Waals surface area contributed by atoms with E-state index >= 15 is 0 Å². The third-order valence-electron chi connectivity index (χ3n) is 3.73. The predicted molar refractivity (Wildman–Crippen MR) is 79.3 cm³/mol. The quantitative estimate of drug-likeness (QED) is 0.879. The average Bonchev–Trinajstić information content (AvgIpc) is 3.08. The first kappa shape index (κ1) is 13.8. The van der Waals surface area contributed by atoms with Crippen LogP contribution in [0.25, 0.3) is 5.82 Å². The van der Waals surface area contributed by atoms with Crippen molar-refractivity contribution in [2.45, 2.75) is 12.8 Å². The number of rotatable bonds is 4. The van der Waals surface area contributed by atoms with Crippen molar-refractivity contribution in [3.8, 4) is 5.82 Å². The summed E-state index contributed by atoms with van der Waals surface area (Å²) in [6, 6.07) is 3.61. The van der Waals surface area contributed by atoms with E-state index in [2.05, 4.69) is 20.6 Å². The summed E-state index contributed by atoms with van der Waals surface area (Å²) in [7, 11) is 0. The number of piperidine rings is 1. The van der Waals surface area contributed by atoms with Crippen molar-refractivity contribution >= 4 is 5.91 Å². The van der Waals surface area contributed by atoms with Crippen molar-refractivity contribution in [3.05, 3.63) is 42.6 Å². The maximum Gasteiger partial charge on any atom is 0.252 e. The second-order valence-electron chi connectivity index (χ2n) is 5.30. The number of amides is 1. The number of nitrogens with zero attached hydrogens (tertiary/aromatic N) is 3. The van der Waals surface area contributed by atoms with E-state index < -0.39 is 0 Å². The van der Waals surface area contributed by atoms with Crippen LogP contribution in [0.4, 0.5) is 0 Å². The molecule has 2 aromatic rings. The number of nitrogens with one attached hydrogen (secondary N) is 2. The lowest BCUT2D eigenvalue weighted by Crippen LogP contribution is -2.38. The maximum atomic E-state index is 12.1. The predicted octanol–water partition coefficient (Wildman–Crippen LogP) is 0.997. The first-order valence-electron chi connectivity index (χ1n) is 7.26. The van der Waals surface area contributed by atoms with Crippen molar-refractivity contribution in [1.82, 2.24) is 25.2 Å². The van der Waals surface area contributed by atoms with Gasteiger partial charge in [-0.1, -0.05) is 0 Å². The van der Waals surface area contributed by atoms with Gasteiger partial charge >= 0.3 is 0 Å². The Bertz CT molecular complexity index is 573. The second-order valence-corrected chi connectivity index (χ2v) is 5.30. The summed E-state index contributed by atoms with van der Waals surface area (Å²) in [5.74, 6) is 1.21. The lowest BCUT2D eigenvalue weighted by molar-refractivity contribution is 0.0944. The Morgan fingerprint density at radius 2 is 2.43 bits per heavy atom. The van der Waals surface area contributed by atoms with Gasteiger partial charge in [-0.3, -0.25) is 9.36 Å². The molecule has 0 saturated carbocycles. The Kier molecular flexibility index (Phi) is 4.25. The summed E-state index contributed by atoms with van der Waals surface area (Å²) in [4.78, 5) is 20.4. The first-order valence-corrected chi connectivity index (χ1v) is 7.26. The Morgan fingerprint density at radius 3 is 3.10 bits per heavy atom. The summed E-state index contributed by atoms with van der Waals surface area (Å²) in [5, 5.41) is 6.33. The largest absolute Gasteiger partial charge is 0.352 e. The number of carbonyl (C=O) groups excluding carboxylic acids is 1. The molecule has 1 aliphatic heterocycles. The van der Waals surface area contributed by atoms with Crippen LogP contribution in [0.3, 0.4) is 0 Å². The third-order valence-corrected chi connectivity index (χ3v) is 3.73. The summed E-state index contributed by atoms with van der Waals surface area (Å²) in [5.41, 5.74) is 0.586. The highest BCUT2D eigenvalue weighted by molar-refractivity contribution is 5.93. The fraction of sp³-hybridized carbons (Fsp3) is 0.400. The molecule has 0 radical (unpaired) electrons.